The number of benzene rings is 2. The van der Waals surface area contributed by atoms with Crippen molar-refractivity contribution in [3.05, 3.63) is 53.6 Å². The van der Waals surface area contributed by atoms with E-state index in [-0.39, 0.29) is 41.9 Å². The Bertz CT molecular complexity index is 1200. The molecular weight excluding hydrogens is 452 g/mol. The molecule has 2 aromatic carbocycles. The maximum Gasteiger partial charge on any atom is 0.252 e. The van der Waals surface area contributed by atoms with Crippen molar-refractivity contribution in [2.75, 3.05) is 25.4 Å². The molecule has 0 aromatic heterocycles. The van der Waals surface area contributed by atoms with Gasteiger partial charge in [-0.15, -0.1) is 0 Å². The lowest BCUT2D eigenvalue weighted by Gasteiger charge is -2.24. The van der Waals surface area contributed by atoms with E-state index in [4.69, 9.17) is 14.2 Å². The molecule has 3 aliphatic rings. The van der Waals surface area contributed by atoms with Gasteiger partial charge in [0.05, 0.1) is 31.1 Å². The smallest absolute Gasteiger partial charge is 0.252 e. The third-order valence-corrected chi connectivity index (χ3v) is 8.97. The minimum absolute atomic E-state index is 0.0644. The summed E-state index contributed by atoms with van der Waals surface area (Å²) in [7, 11) is -1.55. The van der Waals surface area contributed by atoms with Crippen LogP contribution in [0.1, 0.15) is 11.1 Å². The highest BCUT2D eigenvalue weighted by molar-refractivity contribution is 8.15. The van der Waals surface area contributed by atoms with Crippen molar-refractivity contribution in [3.63, 3.8) is 0 Å². The molecule has 0 spiro atoms. The van der Waals surface area contributed by atoms with Gasteiger partial charge in [-0.05, 0) is 23.8 Å². The lowest BCUT2D eigenvalue weighted by atomic mass is 10.1. The number of carbonyl (C=O) groups excluding carboxylic acids is 1. The van der Waals surface area contributed by atoms with Crippen LogP contribution in [-0.4, -0.2) is 61.1 Å². The number of aliphatic imine (C=N–C) groups is 1. The van der Waals surface area contributed by atoms with E-state index in [1.165, 1.54) is 11.8 Å². The molecule has 2 saturated heterocycles. The van der Waals surface area contributed by atoms with E-state index in [1.54, 1.807) is 13.2 Å². The summed E-state index contributed by atoms with van der Waals surface area (Å²) >= 11 is 1.37. The highest BCUT2D eigenvalue weighted by Gasteiger charge is 2.48. The van der Waals surface area contributed by atoms with Crippen molar-refractivity contribution in [1.82, 2.24) is 4.90 Å². The molecule has 2 unspecified atom stereocenters. The summed E-state index contributed by atoms with van der Waals surface area (Å²) < 4.78 is 40.6. The number of amidine groups is 1. The van der Waals surface area contributed by atoms with Crippen LogP contribution >= 0.6 is 11.8 Å². The molecule has 32 heavy (non-hydrogen) atoms. The van der Waals surface area contributed by atoms with Gasteiger partial charge in [-0.25, -0.2) is 8.42 Å². The second-order valence-corrected chi connectivity index (χ2v) is 11.3. The van der Waals surface area contributed by atoms with Gasteiger partial charge in [0.1, 0.15) is 5.75 Å². The summed E-state index contributed by atoms with van der Waals surface area (Å²) in [6.07, 6.45) is 0.111. The number of carbonyl (C=O) groups is 1. The minimum Gasteiger partial charge on any atom is -0.496 e. The first-order chi connectivity index (χ1) is 15.4. The third kappa shape index (κ3) is 4.16. The summed E-state index contributed by atoms with van der Waals surface area (Å²) in [4.78, 5) is 19.1. The van der Waals surface area contributed by atoms with E-state index in [0.29, 0.717) is 29.0 Å². The topological polar surface area (TPSA) is 94.5 Å². The Morgan fingerprint density at radius 2 is 2.00 bits per heavy atom. The fourth-order valence-corrected chi connectivity index (χ4v) is 8.18. The van der Waals surface area contributed by atoms with Crippen LogP contribution in [0.5, 0.6) is 17.2 Å². The van der Waals surface area contributed by atoms with Gasteiger partial charge in [-0.3, -0.25) is 4.79 Å². The number of sulfone groups is 1. The average molecular weight is 475 g/mol. The molecule has 8 nitrogen and oxygen atoms in total. The molecule has 10 heteroatoms. The predicted molar refractivity (Wildman–Crippen MR) is 121 cm³/mol. The zero-order valence-corrected chi connectivity index (χ0v) is 19.0. The Labute approximate surface area is 190 Å². The molecule has 0 saturated carbocycles. The Kier molecular flexibility index (Phi) is 5.50. The number of para-hydroxylation sites is 1. The molecule has 0 bridgehead atoms. The van der Waals surface area contributed by atoms with Crippen molar-refractivity contribution in [3.8, 4) is 17.2 Å². The van der Waals surface area contributed by atoms with Gasteiger partial charge >= 0.3 is 0 Å². The lowest BCUT2D eigenvalue weighted by molar-refractivity contribution is -0.117. The van der Waals surface area contributed by atoms with E-state index in [0.717, 1.165) is 11.1 Å². The predicted octanol–water partition coefficient (Wildman–Crippen LogP) is 2.26. The van der Waals surface area contributed by atoms with Gasteiger partial charge in [-0.1, -0.05) is 36.0 Å². The zero-order chi connectivity index (χ0) is 22.3. The first-order valence-corrected chi connectivity index (χ1v) is 12.9. The summed E-state index contributed by atoms with van der Waals surface area (Å²) in [5.74, 6) is 1.85. The molecule has 3 aliphatic heterocycles. The van der Waals surface area contributed by atoms with Crippen molar-refractivity contribution >= 4 is 32.7 Å². The molecular formula is C22H22N2O6S2. The molecule has 0 aliphatic carbocycles. The van der Waals surface area contributed by atoms with Crippen LogP contribution in [0.15, 0.2) is 47.5 Å². The maximum atomic E-state index is 12.8. The lowest BCUT2D eigenvalue weighted by Crippen LogP contribution is -2.37. The second kappa shape index (κ2) is 8.32. The first-order valence-electron chi connectivity index (χ1n) is 10.2. The van der Waals surface area contributed by atoms with E-state index >= 15 is 0 Å². The Morgan fingerprint density at radius 1 is 1.19 bits per heavy atom. The molecule has 2 aromatic rings. The molecule has 0 radical (unpaired) electrons. The number of rotatable bonds is 5. The quantitative estimate of drug-likeness (QED) is 0.652. The fourth-order valence-electron chi connectivity index (χ4n) is 4.21. The maximum absolute atomic E-state index is 12.8. The van der Waals surface area contributed by atoms with Crippen LogP contribution in [-0.2, 0) is 27.6 Å². The van der Waals surface area contributed by atoms with E-state index in [2.05, 4.69) is 4.99 Å². The molecule has 5 rings (SSSR count). The summed E-state index contributed by atoms with van der Waals surface area (Å²) in [5, 5.41) is 0.430. The van der Waals surface area contributed by atoms with Crippen molar-refractivity contribution in [2.24, 2.45) is 4.99 Å². The number of thioether (sulfide) groups is 1. The zero-order valence-electron chi connectivity index (χ0n) is 17.4. The molecule has 2 atom stereocenters. The van der Waals surface area contributed by atoms with Gasteiger partial charge in [0.2, 0.25) is 6.79 Å². The minimum atomic E-state index is -3.11. The van der Waals surface area contributed by atoms with Crippen LogP contribution in [0.2, 0.25) is 0 Å². The molecule has 1 amide bonds. The van der Waals surface area contributed by atoms with E-state index in [9.17, 15) is 13.2 Å². The van der Waals surface area contributed by atoms with Crippen LogP contribution < -0.4 is 14.2 Å². The molecule has 168 valence electrons. The van der Waals surface area contributed by atoms with Gasteiger partial charge in [-0.2, -0.15) is 4.99 Å². The number of ether oxygens (including phenoxy) is 3. The van der Waals surface area contributed by atoms with E-state index in [1.807, 2.05) is 41.3 Å². The standard InChI is InChI=1S/C22H22N2O6S2/c1-28-17-5-3-2-4-15(17)9-21(25)23-22-24(16-11-32(26,27)12-20(16)31-22)10-14-6-7-18-19(8-14)30-13-29-18/h2-8,16,20H,9-13H2,1H3. The molecule has 3 heterocycles. The van der Waals surface area contributed by atoms with Crippen LogP contribution in [0.25, 0.3) is 0 Å². The van der Waals surface area contributed by atoms with Crippen LogP contribution in [0.3, 0.4) is 0 Å². The highest BCUT2D eigenvalue weighted by atomic mass is 32.2. The number of nitrogens with zero attached hydrogens (tertiary/aromatic N) is 2. The highest BCUT2D eigenvalue weighted by Crippen LogP contribution is 2.40. The van der Waals surface area contributed by atoms with Gasteiger partial charge in [0.25, 0.3) is 5.91 Å². The number of methoxy groups -OCH3 is 1. The van der Waals surface area contributed by atoms with Crippen molar-refractivity contribution in [1.29, 1.82) is 0 Å². The monoisotopic (exact) mass is 474 g/mol. The number of hydrogen-bond donors (Lipinski definition) is 0. The summed E-state index contributed by atoms with van der Waals surface area (Å²) in [6.45, 7) is 0.618. The Balaban J connectivity index is 1.40. The number of amides is 1. The largest absolute Gasteiger partial charge is 0.496 e. The normalized spacial score (nSPS) is 24.0. The Hall–Kier alpha value is -2.72. The van der Waals surface area contributed by atoms with Gasteiger partial charge in [0, 0.05) is 17.4 Å². The SMILES string of the molecule is COc1ccccc1CC(=O)N=C1SC2CS(=O)(=O)CC2N1Cc1ccc2c(c1)OCO2. The molecule has 2 fully saturated rings. The van der Waals surface area contributed by atoms with Crippen LogP contribution in [0, 0.1) is 0 Å². The van der Waals surface area contributed by atoms with Crippen molar-refractivity contribution in [2.45, 2.75) is 24.3 Å². The fraction of sp³-hybridized carbons (Fsp3) is 0.364. The number of fused-ring (bicyclic) bond motifs is 2. The molecule has 0 N–H and O–H groups in total. The first kappa shape index (κ1) is 21.1. The number of hydrogen-bond acceptors (Lipinski definition) is 7. The van der Waals surface area contributed by atoms with Gasteiger partial charge < -0.3 is 19.1 Å². The average Bonchev–Trinajstić information content (AvgIpc) is 3.42. The van der Waals surface area contributed by atoms with E-state index < -0.39 is 9.84 Å². The van der Waals surface area contributed by atoms with Crippen molar-refractivity contribution < 1.29 is 27.4 Å². The Morgan fingerprint density at radius 3 is 2.84 bits per heavy atom. The summed E-state index contributed by atoms with van der Waals surface area (Å²) in [5.41, 5.74) is 1.70. The van der Waals surface area contributed by atoms with Gasteiger partial charge in [0.15, 0.2) is 26.5 Å². The second-order valence-electron chi connectivity index (χ2n) is 7.89. The third-order valence-electron chi connectivity index (χ3n) is 5.72. The van der Waals surface area contributed by atoms with Crippen LogP contribution in [0.4, 0.5) is 0 Å². The summed E-state index contributed by atoms with van der Waals surface area (Å²) in [6, 6.07) is 12.8.